The summed E-state index contributed by atoms with van der Waals surface area (Å²) >= 11 is 0. The number of aromatic nitrogens is 2. The molecule has 1 aromatic carbocycles. The van der Waals surface area contributed by atoms with Gasteiger partial charge in [-0.05, 0) is 44.0 Å². The lowest BCUT2D eigenvalue weighted by Crippen LogP contribution is -2.42. The van der Waals surface area contributed by atoms with Crippen molar-refractivity contribution in [3.05, 3.63) is 29.6 Å². The summed E-state index contributed by atoms with van der Waals surface area (Å²) in [5.41, 5.74) is 9.81. The molecular weight excluding hydrogens is 236 g/mol. The summed E-state index contributed by atoms with van der Waals surface area (Å²) in [5, 5.41) is 3.53. The highest BCUT2D eigenvalue weighted by Crippen LogP contribution is 2.24. The number of aryl methyl sites for hydroxylation is 2. The molecule has 0 amide bonds. The first-order chi connectivity index (χ1) is 9.16. The van der Waals surface area contributed by atoms with Gasteiger partial charge in [0.05, 0.1) is 11.0 Å². The lowest BCUT2D eigenvalue weighted by atomic mass is 9.93. The van der Waals surface area contributed by atoms with Crippen molar-refractivity contribution >= 4 is 11.0 Å². The quantitative estimate of drug-likeness (QED) is 0.866. The molecule has 1 aliphatic rings. The molecule has 1 saturated heterocycles. The average Bonchev–Trinajstić information content (AvgIpc) is 2.74. The predicted molar refractivity (Wildman–Crippen MR) is 78.0 cm³/mol. The fourth-order valence-corrected chi connectivity index (χ4v) is 2.96. The zero-order valence-electron chi connectivity index (χ0n) is 11.7. The van der Waals surface area contributed by atoms with Gasteiger partial charge in [-0.2, -0.15) is 0 Å². The molecule has 19 heavy (non-hydrogen) atoms. The molecule has 0 spiro atoms. The smallest absolute Gasteiger partial charge is 0.106 e. The number of piperidine rings is 1. The molecule has 1 aliphatic heterocycles. The molecule has 1 aromatic heterocycles. The molecule has 0 aliphatic carbocycles. The molecule has 102 valence electrons. The summed E-state index contributed by atoms with van der Waals surface area (Å²) in [7, 11) is 2.05. The third kappa shape index (κ3) is 2.26. The van der Waals surface area contributed by atoms with Gasteiger partial charge in [0.15, 0.2) is 0 Å². The van der Waals surface area contributed by atoms with E-state index < -0.39 is 0 Å². The predicted octanol–water partition coefficient (Wildman–Crippen LogP) is 2.02. The molecule has 2 atom stereocenters. The summed E-state index contributed by atoms with van der Waals surface area (Å²) in [6.07, 6.45) is 3.71. The van der Waals surface area contributed by atoms with Crippen LogP contribution in [0.5, 0.6) is 0 Å². The number of imidazole rings is 1. The van der Waals surface area contributed by atoms with Crippen LogP contribution < -0.4 is 11.1 Å². The van der Waals surface area contributed by atoms with Gasteiger partial charge in [0.2, 0.25) is 0 Å². The largest absolute Gasteiger partial charge is 0.331 e. The van der Waals surface area contributed by atoms with Crippen LogP contribution >= 0.6 is 0 Å². The molecule has 0 radical (unpaired) electrons. The second-order valence-corrected chi connectivity index (χ2v) is 5.55. The Morgan fingerprint density at radius 2 is 2.26 bits per heavy atom. The third-order valence-electron chi connectivity index (χ3n) is 4.30. The molecular formula is C15H22N4. The maximum atomic E-state index is 6.41. The SMILES string of the molecule is Cc1nc2cc(C(N)C3CCCCN3)ccc2n1C. The third-order valence-corrected chi connectivity index (χ3v) is 4.30. The second kappa shape index (κ2) is 4.94. The van der Waals surface area contributed by atoms with Gasteiger partial charge in [0.25, 0.3) is 0 Å². The number of benzene rings is 1. The van der Waals surface area contributed by atoms with Crippen LogP contribution in [0.4, 0.5) is 0 Å². The zero-order valence-corrected chi connectivity index (χ0v) is 11.7. The fraction of sp³-hybridized carbons (Fsp3) is 0.533. The van der Waals surface area contributed by atoms with Crippen molar-refractivity contribution in [3.8, 4) is 0 Å². The van der Waals surface area contributed by atoms with Gasteiger partial charge in [-0.25, -0.2) is 4.98 Å². The molecule has 2 heterocycles. The topological polar surface area (TPSA) is 55.9 Å². The van der Waals surface area contributed by atoms with E-state index in [-0.39, 0.29) is 6.04 Å². The first-order valence-corrected chi connectivity index (χ1v) is 7.09. The van der Waals surface area contributed by atoms with Gasteiger partial charge in [0, 0.05) is 19.1 Å². The van der Waals surface area contributed by atoms with Crippen molar-refractivity contribution in [2.75, 3.05) is 6.54 Å². The maximum Gasteiger partial charge on any atom is 0.106 e. The van der Waals surface area contributed by atoms with E-state index in [2.05, 4.69) is 33.1 Å². The van der Waals surface area contributed by atoms with Gasteiger partial charge >= 0.3 is 0 Å². The van der Waals surface area contributed by atoms with E-state index in [1.54, 1.807) is 0 Å². The summed E-state index contributed by atoms with van der Waals surface area (Å²) in [6.45, 7) is 3.12. The van der Waals surface area contributed by atoms with Crippen LogP contribution in [0.1, 0.15) is 36.7 Å². The Labute approximate surface area is 114 Å². The van der Waals surface area contributed by atoms with Crippen molar-refractivity contribution in [3.63, 3.8) is 0 Å². The van der Waals surface area contributed by atoms with Gasteiger partial charge in [-0.15, -0.1) is 0 Å². The van der Waals surface area contributed by atoms with E-state index in [9.17, 15) is 0 Å². The standard InChI is InChI=1S/C15H22N4/c1-10-18-13-9-11(6-7-14(13)19(10)2)15(16)12-5-3-4-8-17-12/h6-7,9,12,15,17H,3-5,8,16H2,1-2H3. The van der Waals surface area contributed by atoms with Gasteiger partial charge in [-0.1, -0.05) is 12.5 Å². The maximum absolute atomic E-state index is 6.41. The minimum atomic E-state index is 0.0620. The number of nitrogens with zero attached hydrogens (tertiary/aromatic N) is 2. The van der Waals surface area contributed by atoms with E-state index in [0.29, 0.717) is 6.04 Å². The lowest BCUT2D eigenvalue weighted by molar-refractivity contribution is 0.354. The minimum absolute atomic E-state index is 0.0620. The zero-order chi connectivity index (χ0) is 13.4. The van der Waals surface area contributed by atoms with Crippen molar-refractivity contribution in [2.24, 2.45) is 12.8 Å². The Kier molecular flexibility index (Phi) is 3.29. The number of hydrogen-bond acceptors (Lipinski definition) is 3. The Bertz CT molecular complexity index is 581. The lowest BCUT2D eigenvalue weighted by Gasteiger charge is -2.29. The van der Waals surface area contributed by atoms with Gasteiger partial charge in [0.1, 0.15) is 5.82 Å². The second-order valence-electron chi connectivity index (χ2n) is 5.55. The van der Waals surface area contributed by atoms with E-state index >= 15 is 0 Å². The number of rotatable bonds is 2. The normalized spacial score (nSPS) is 21.7. The number of hydrogen-bond donors (Lipinski definition) is 2. The van der Waals surface area contributed by atoms with E-state index in [1.807, 2.05) is 14.0 Å². The number of nitrogens with one attached hydrogen (secondary N) is 1. The first kappa shape index (κ1) is 12.6. The van der Waals surface area contributed by atoms with Crippen LogP contribution in [0.25, 0.3) is 11.0 Å². The summed E-state index contributed by atoms with van der Waals surface area (Å²) in [6, 6.07) is 6.88. The monoisotopic (exact) mass is 258 g/mol. The molecule has 3 rings (SSSR count). The fourth-order valence-electron chi connectivity index (χ4n) is 2.96. The molecule has 2 unspecified atom stereocenters. The molecule has 4 nitrogen and oxygen atoms in total. The Hall–Kier alpha value is -1.39. The number of fused-ring (bicyclic) bond motifs is 1. The van der Waals surface area contributed by atoms with Crippen LogP contribution in [0.3, 0.4) is 0 Å². The van der Waals surface area contributed by atoms with Crippen molar-refractivity contribution in [2.45, 2.75) is 38.3 Å². The Morgan fingerprint density at radius 1 is 1.42 bits per heavy atom. The van der Waals surface area contributed by atoms with Crippen LogP contribution in [-0.2, 0) is 7.05 Å². The molecule has 0 bridgehead atoms. The highest BCUT2D eigenvalue weighted by atomic mass is 15.0. The van der Waals surface area contributed by atoms with Crippen molar-refractivity contribution in [1.29, 1.82) is 0 Å². The van der Waals surface area contributed by atoms with Crippen LogP contribution in [0, 0.1) is 6.92 Å². The van der Waals surface area contributed by atoms with E-state index in [0.717, 1.165) is 17.9 Å². The van der Waals surface area contributed by atoms with Crippen LogP contribution in [-0.4, -0.2) is 22.1 Å². The molecule has 1 fully saturated rings. The molecule has 2 aromatic rings. The minimum Gasteiger partial charge on any atom is -0.331 e. The molecule has 3 N–H and O–H groups in total. The van der Waals surface area contributed by atoms with Crippen molar-refractivity contribution < 1.29 is 0 Å². The molecule has 4 heteroatoms. The van der Waals surface area contributed by atoms with E-state index in [4.69, 9.17) is 5.73 Å². The van der Waals surface area contributed by atoms with Crippen LogP contribution in [0.15, 0.2) is 18.2 Å². The Balaban J connectivity index is 1.91. The van der Waals surface area contributed by atoms with Gasteiger partial charge < -0.3 is 15.6 Å². The average molecular weight is 258 g/mol. The van der Waals surface area contributed by atoms with Crippen molar-refractivity contribution in [1.82, 2.24) is 14.9 Å². The summed E-state index contributed by atoms with van der Waals surface area (Å²) < 4.78 is 2.11. The van der Waals surface area contributed by atoms with Gasteiger partial charge in [-0.3, -0.25) is 0 Å². The Morgan fingerprint density at radius 3 is 3.00 bits per heavy atom. The highest BCUT2D eigenvalue weighted by Gasteiger charge is 2.21. The summed E-state index contributed by atoms with van der Waals surface area (Å²) in [5.74, 6) is 1.04. The molecule has 0 saturated carbocycles. The highest BCUT2D eigenvalue weighted by molar-refractivity contribution is 5.77. The van der Waals surface area contributed by atoms with E-state index in [1.165, 1.54) is 30.3 Å². The number of nitrogens with two attached hydrogens (primary N) is 1. The first-order valence-electron chi connectivity index (χ1n) is 7.09. The summed E-state index contributed by atoms with van der Waals surface area (Å²) in [4.78, 5) is 4.59. The van der Waals surface area contributed by atoms with Crippen LogP contribution in [0.2, 0.25) is 0 Å².